The number of pyridine rings is 1. The minimum Gasteiger partial charge on any atom is -0.332 e. The minimum atomic E-state index is 0.746. The number of nitrogens with zero attached hydrogens (tertiary/aromatic N) is 6. The molecule has 3 aromatic heterocycles. The average molecular weight is 384 g/mol. The number of thioether (sulfide) groups is 2. The Kier molecular flexibility index (Phi) is 5.16. The number of tetrazole rings is 1. The van der Waals surface area contributed by atoms with E-state index in [1.807, 2.05) is 17.8 Å². The van der Waals surface area contributed by atoms with Gasteiger partial charge in [0.05, 0.1) is 23.8 Å². The molecule has 1 N–H and O–H groups in total. The molecule has 0 atom stereocenters. The predicted molar refractivity (Wildman–Crippen MR) is 103 cm³/mol. The second kappa shape index (κ2) is 7.88. The van der Waals surface area contributed by atoms with Crippen molar-refractivity contribution < 1.29 is 0 Å². The highest BCUT2D eigenvalue weighted by Crippen LogP contribution is 2.29. The van der Waals surface area contributed by atoms with Gasteiger partial charge in [0.25, 0.3) is 0 Å². The van der Waals surface area contributed by atoms with E-state index in [9.17, 15) is 0 Å². The molecule has 3 heterocycles. The van der Waals surface area contributed by atoms with Crippen LogP contribution in [0.1, 0.15) is 11.1 Å². The number of benzene rings is 1. The first kappa shape index (κ1) is 17.0. The van der Waals surface area contributed by atoms with Crippen molar-refractivity contribution >= 4 is 34.6 Å². The molecular weight excluding hydrogens is 366 g/mol. The first-order chi connectivity index (χ1) is 12.8. The predicted octanol–water partition coefficient (Wildman–Crippen LogP) is 3.34. The molecule has 0 bridgehead atoms. The smallest absolute Gasteiger partial charge is 0.166 e. The standard InChI is InChI=1S/C17H17N7S2/c1-12-13(10-26-17-21-14-5-6-18-9-15(14)22-17)3-2-4-16(12)25-8-7-24-20-11-19-23-24/h2-6,9,11H,7-8,10H2,1H3,(H,21,22). The van der Waals surface area contributed by atoms with Gasteiger partial charge in [0.2, 0.25) is 0 Å². The third kappa shape index (κ3) is 3.88. The molecule has 0 radical (unpaired) electrons. The van der Waals surface area contributed by atoms with Gasteiger partial charge in [-0.3, -0.25) is 4.98 Å². The zero-order valence-corrected chi connectivity index (χ0v) is 15.8. The molecule has 0 aliphatic heterocycles. The third-order valence-corrected chi connectivity index (χ3v) is 6.02. The number of aromatic nitrogens is 7. The monoisotopic (exact) mass is 383 g/mol. The molecule has 132 valence electrons. The lowest BCUT2D eigenvalue weighted by molar-refractivity contribution is 0.557. The van der Waals surface area contributed by atoms with Crippen LogP contribution in [0.5, 0.6) is 0 Å². The van der Waals surface area contributed by atoms with Crippen LogP contribution in [0.3, 0.4) is 0 Å². The largest absolute Gasteiger partial charge is 0.332 e. The van der Waals surface area contributed by atoms with Gasteiger partial charge in [0.15, 0.2) is 11.5 Å². The highest BCUT2D eigenvalue weighted by molar-refractivity contribution is 7.99. The molecule has 4 aromatic rings. The maximum Gasteiger partial charge on any atom is 0.166 e. The molecule has 9 heteroatoms. The fourth-order valence-electron chi connectivity index (χ4n) is 2.55. The highest BCUT2D eigenvalue weighted by atomic mass is 32.2. The van der Waals surface area contributed by atoms with Gasteiger partial charge in [-0.25, -0.2) is 4.98 Å². The number of rotatable bonds is 7. The maximum absolute atomic E-state index is 4.60. The van der Waals surface area contributed by atoms with Crippen molar-refractivity contribution in [3.05, 3.63) is 54.1 Å². The van der Waals surface area contributed by atoms with Crippen molar-refractivity contribution in [2.45, 2.75) is 29.3 Å². The minimum absolute atomic E-state index is 0.746. The lowest BCUT2D eigenvalue weighted by Gasteiger charge is -2.10. The third-order valence-electron chi connectivity index (χ3n) is 3.96. The number of imidazole rings is 1. The molecule has 0 saturated heterocycles. The summed E-state index contributed by atoms with van der Waals surface area (Å²) in [6.45, 7) is 2.92. The quantitative estimate of drug-likeness (QED) is 0.490. The van der Waals surface area contributed by atoms with Crippen molar-refractivity contribution in [3.8, 4) is 0 Å². The van der Waals surface area contributed by atoms with Crippen LogP contribution in [0.25, 0.3) is 11.0 Å². The molecule has 0 aliphatic rings. The fourth-order valence-corrected chi connectivity index (χ4v) is 4.50. The lowest BCUT2D eigenvalue weighted by atomic mass is 10.1. The first-order valence-electron chi connectivity index (χ1n) is 8.14. The molecule has 0 amide bonds. The van der Waals surface area contributed by atoms with Gasteiger partial charge < -0.3 is 4.98 Å². The Balaban J connectivity index is 1.40. The van der Waals surface area contributed by atoms with E-state index in [-0.39, 0.29) is 0 Å². The van der Waals surface area contributed by atoms with Crippen LogP contribution in [0.15, 0.2) is 53.0 Å². The number of aromatic amines is 1. The molecular formula is C17H17N7S2. The molecule has 7 nitrogen and oxygen atoms in total. The summed E-state index contributed by atoms with van der Waals surface area (Å²) in [5.74, 6) is 1.78. The Morgan fingerprint density at radius 1 is 1.19 bits per heavy atom. The summed E-state index contributed by atoms with van der Waals surface area (Å²) in [6, 6.07) is 8.37. The van der Waals surface area contributed by atoms with Crippen LogP contribution >= 0.6 is 23.5 Å². The van der Waals surface area contributed by atoms with E-state index in [2.05, 4.69) is 55.5 Å². The zero-order chi connectivity index (χ0) is 17.8. The second-order valence-electron chi connectivity index (χ2n) is 5.64. The lowest BCUT2D eigenvalue weighted by Crippen LogP contribution is -2.04. The Bertz CT molecular complexity index is 964. The van der Waals surface area contributed by atoms with Crippen LogP contribution in [0.4, 0.5) is 0 Å². The van der Waals surface area contributed by atoms with E-state index in [0.717, 1.165) is 34.2 Å². The van der Waals surface area contributed by atoms with Crippen LogP contribution in [0, 0.1) is 6.92 Å². The van der Waals surface area contributed by atoms with Crippen LogP contribution in [0.2, 0.25) is 0 Å². The van der Waals surface area contributed by atoms with Gasteiger partial charge in [0, 0.05) is 22.6 Å². The van der Waals surface area contributed by atoms with Crippen molar-refractivity contribution in [2.24, 2.45) is 0 Å². The normalized spacial score (nSPS) is 11.3. The van der Waals surface area contributed by atoms with Crippen molar-refractivity contribution in [1.29, 1.82) is 0 Å². The van der Waals surface area contributed by atoms with E-state index in [1.54, 1.807) is 29.0 Å². The molecule has 26 heavy (non-hydrogen) atoms. The fraction of sp³-hybridized carbons (Fsp3) is 0.235. The van der Waals surface area contributed by atoms with Gasteiger partial charge in [-0.05, 0) is 35.4 Å². The van der Waals surface area contributed by atoms with Crippen LogP contribution in [-0.4, -0.2) is 40.9 Å². The Labute approximate surface area is 159 Å². The summed E-state index contributed by atoms with van der Waals surface area (Å²) < 4.78 is 0. The molecule has 0 fully saturated rings. The molecule has 0 aliphatic carbocycles. The summed E-state index contributed by atoms with van der Waals surface area (Å²) in [4.78, 5) is 14.9. The summed E-state index contributed by atoms with van der Waals surface area (Å²) in [5.41, 5.74) is 4.55. The summed E-state index contributed by atoms with van der Waals surface area (Å²) >= 11 is 3.52. The van der Waals surface area contributed by atoms with Gasteiger partial charge in [0.1, 0.15) is 0 Å². The van der Waals surface area contributed by atoms with Crippen LogP contribution in [-0.2, 0) is 12.3 Å². The van der Waals surface area contributed by atoms with Crippen molar-refractivity contribution in [2.75, 3.05) is 5.75 Å². The van der Waals surface area contributed by atoms with Crippen LogP contribution < -0.4 is 0 Å². The SMILES string of the molecule is Cc1c(CSc2nc3ccncc3[nH]2)cccc1SCCn1ncnn1. The van der Waals surface area contributed by atoms with Gasteiger partial charge in [-0.1, -0.05) is 23.9 Å². The van der Waals surface area contributed by atoms with E-state index >= 15 is 0 Å². The average Bonchev–Trinajstić information content (AvgIpc) is 3.31. The van der Waals surface area contributed by atoms with E-state index < -0.39 is 0 Å². The molecule has 1 aromatic carbocycles. The number of aryl methyl sites for hydroxylation is 1. The van der Waals surface area contributed by atoms with E-state index in [1.165, 1.54) is 22.3 Å². The zero-order valence-electron chi connectivity index (χ0n) is 14.2. The molecule has 0 saturated carbocycles. The topological polar surface area (TPSA) is 85.2 Å². The number of nitrogens with one attached hydrogen (secondary N) is 1. The Morgan fingerprint density at radius 2 is 2.15 bits per heavy atom. The first-order valence-corrected chi connectivity index (χ1v) is 10.1. The number of hydrogen-bond donors (Lipinski definition) is 1. The second-order valence-corrected chi connectivity index (χ2v) is 7.74. The van der Waals surface area contributed by atoms with E-state index in [0.29, 0.717) is 0 Å². The van der Waals surface area contributed by atoms with Gasteiger partial charge in [-0.15, -0.1) is 22.0 Å². The summed E-state index contributed by atoms with van der Waals surface area (Å²) in [6.07, 6.45) is 5.03. The van der Waals surface area contributed by atoms with E-state index in [4.69, 9.17) is 0 Å². The summed E-state index contributed by atoms with van der Waals surface area (Å²) in [7, 11) is 0. The molecule has 0 spiro atoms. The highest BCUT2D eigenvalue weighted by Gasteiger charge is 2.08. The Hall–Kier alpha value is -2.39. The number of fused-ring (bicyclic) bond motifs is 1. The van der Waals surface area contributed by atoms with Crippen molar-refractivity contribution in [3.63, 3.8) is 0 Å². The van der Waals surface area contributed by atoms with Gasteiger partial charge >= 0.3 is 0 Å². The van der Waals surface area contributed by atoms with Gasteiger partial charge in [-0.2, -0.15) is 4.80 Å². The maximum atomic E-state index is 4.60. The molecule has 4 rings (SSSR count). The summed E-state index contributed by atoms with van der Waals surface area (Å²) in [5, 5.41) is 12.6. The molecule has 0 unspecified atom stereocenters. The van der Waals surface area contributed by atoms with Crippen molar-refractivity contribution in [1.82, 2.24) is 35.2 Å². The number of hydrogen-bond acceptors (Lipinski definition) is 7. The Morgan fingerprint density at radius 3 is 3.00 bits per heavy atom. The number of H-pyrrole nitrogens is 1.